The maximum atomic E-state index is 5.72. The summed E-state index contributed by atoms with van der Waals surface area (Å²) in [7, 11) is 2.02. The molecule has 1 atom stereocenters. The van der Waals surface area contributed by atoms with Gasteiger partial charge in [0.2, 0.25) is 0 Å². The molecule has 0 unspecified atom stereocenters. The second-order valence-corrected chi connectivity index (χ2v) is 12.0. The van der Waals surface area contributed by atoms with E-state index in [4.69, 9.17) is 5.73 Å². The molecule has 0 spiro atoms. The molecular formula is C34H72N6. The standard InChI is InChI=1S/C9H15N.C8H17N.C7H12N2.C7H16N2.3CH4/c1-7(2)10-8(3)5-6-9(10)4;1-8(2)9-6-4-3-5-7-9;1-6(2)7-8-4-5-9(7)3;1-6(2)9-4-3-7(8)5-9;;;/h5-7H,1-4H3;8H,3-7H2,1-2H3;4-6H,1-3H3;6-7H,3-5,8H2,1-2H3;3*1H4/t;;;7-;;;/m...0.../s1. The van der Waals surface area contributed by atoms with E-state index in [2.05, 4.69) is 101 Å². The molecule has 40 heavy (non-hydrogen) atoms. The van der Waals surface area contributed by atoms with Crippen LogP contribution in [0.25, 0.3) is 0 Å². The summed E-state index contributed by atoms with van der Waals surface area (Å²) in [5.74, 6) is 1.68. The van der Waals surface area contributed by atoms with E-state index in [0.29, 0.717) is 24.0 Å². The van der Waals surface area contributed by atoms with E-state index >= 15 is 0 Å². The van der Waals surface area contributed by atoms with Crippen molar-refractivity contribution in [1.29, 1.82) is 0 Å². The number of nitrogens with zero attached hydrogens (tertiary/aromatic N) is 5. The number of aryl methyl sites for hydroxylation is 3. The van der Waals surface area contributed by atoms with E-state index in [-0.39, 0.29) is 22.3 Å². The quantitative estimate of drug-likeness (QED) is 0.405. The average Bonchev–Trinajstić information content (AvgIpc) is 3.55. The van der Waals surface area contributed by atoms with Crippen LogP contribution in [0, 0.1) is 13.8 Å². The molecular weight excluding hydrogens is 492 g/mol. The normalized spacial score (nSPS) is 17.1. The number of hydrogen-bond donors (Lipinski definition) is 1. The van der Waals surface area contributed by atoms with Crippen LogP contribution in [-0.4, -0.2) is 68.2 Å². The summed E-state index contributed by atoms with van der Waals surface area (Å²) in [6.07, 6.45) is 9.25. The van der Waals surface area contributed by atoms with Crippen LogP contribution < -0.4 is 5.73 Å². The lowest BCUT2D eigenvalue weighted by atomic mass is 10.1. The first-order valence-electron chi connectivity index (χ1n) is 14.7. The molecule has 4 rings (SSSR count). The summed E-state index contributed by atoms with van der Waals surface area (Å²) in [5, 5.41) is 0. The third-order valence-electron chi connectivity index (χ3n) is 7.32. The zero-order valence-corrected chi connectivity index (χ0v) is 26.2. The summed E-state index contributed by atoms with van der Waals surface area (Å²) >= 11 is 0. The van der Waals surface area contributed by atoms with Gasteiger partial charge in [-0.1, -0.05) is 42.5 Å². The minimum atomic E-state index is 0. The Labute approximate surface area is 251 Å². The highest BCUT2D eigenvalue weighted by molar-refractivity contribution is 5.14. The molecule has 6 heteroatoms. The predicted octanol–water partition coefficient (Wildman–Crippen LogP) is 8.45. The van der Waals surface area contributed by atoms with Crippen LogP contribution in [0.3, 0.4) is 0 Å². The van der Waals surface area contributed by atoms with Gasteiger partial charge in [0.05, 0.1) is 0 Å². The fraction of sp³-hybridized carbons (Fsp3) is 0.794. The smallest absolute Gasteiger partial charge is 0.110 e. The van der Waals surface area contributed by atoms with Gasteiger partial charge in [-0.2, -0.15) is 0 Å². The van der Waals surface area contributed by atoms with Gasteiger partial charge >= 0.3 is 0 Å². The lowest BCUT2D eigenvalue weighted by Crippen LogP contribution is -2.35. The van der Waals surface area contributed by atoms with Crippen molar-refractivity contribution in [3.63, 3.8) is 0 Å². The number of imidazole rings is 1. The molecule has 2 saturated heterocycles. The maximum absolute atomic E-state index is 5.72. The topological polar surface area (TPSA) is 55.2 Å². The summed E-state index contributed by atoms with van der Waals surface area (Å²) in [6, 6.07) is 6.80. The Morgan fingerprint density at radius 2 is 1.25 bits per heavy atom. The number of aromatic nitrogens is 3. The molecule has 2 aromatic rings. The van der Waals surface area contributed by atoms with Gasteiger partial charge in [0.15, 0.2) is 0 Å². The summed E-state index contributed by atoms with van der Waals surface area (Å²) in [5.41, 5.74) is 8.43. The van der Waals surface area contributed by atoms with Gasteiger partial charge in [0.1, 0.15) is 5.82 Å². The number of piperidine rings is 1. The molecule has 0 aliphatic carbocycles. The molecule has 2 fully saturated rings. The minimum Gasteiger partial charge on any atom is -0.347 e. The van der Waals surface area contributed by atoms with E-state index in [0.717, 1.165) is 18.4 Å². The van der Waals surface area contributed by atoms with Crippen molar-refractivity contribution in [2.75, 3.05) is 26.2 Å². The summed E-state index contributed by atoms with van der Waals surface area (Å²) in [6.45, 7) is 26.9. The van der Waals surface area contributed by atoms with Crippen molar-refractivity contribution >= 4 is 0 Å². The SMILES string of the molecule is C.C.C.CC(C)N1CCCCC1.CC(C)N1CC[C@H](N)C1.CC(C)c1nccn1C.Cc1ccc(C)n1C(C)C. The van der Waals surface area contributed by atoms with Crippen LogP contribution in [0.4, 0.5) is 0 Å². The van der Waals surface area contributed by atoms with E-state index in [1.807, 2.05) is 24.0 Å². The number of nitrogens with two attached hydrogens (primary N) is 1. The molecule has 0 bridgehead atoms. The molecule has 2 N–H and O–H groups in total. The summed E-state index contributed by atoms with van der Waals surface area (Å²) < 4.78 is 4.38. The van der Waals surface area contributed by atoms with Crippen molar-refractivity contribution in [3.8, 4) is 0 Å². The second kappa shape index (κ2) is 22.0. The van der Waals surface area contributed by atoms with Gasteiger partial charge in [-0.05, 0) is 106 Å². The lowest BCUT2D eigenvalue weighted by molar-refractivity contribution is 0.185. The van der Waals surface area contributed by atoms with E-state index in [1.165, 1.54) is 56.7 Å². The number of hydrogen-bond acceptors (Lipinski definition) is 4. The Morgan fingerprint density at radius 3 is 1.48 bits per heavy atom. The molecule has 238 valence electrons. The third-order valence-corrected chi connectivity index (χ3v) is 7.32. The Bertz CT molecular complexity index is 814. The molecule has 2 aliphatic rings. The van der Waals surface area contributed by atoms with Gasteiger partial charge in [0, 0.05) is 67.5 Å². The van der Waals surface area contributed by atoms with Crippen molar-refractivity contribution < 1.29 is 0 Å². The Balaban J connectivity index is -0.000000446. The zero-order chi connectivity index (χ0) is 28.1. The fourth-order valence-electron chi connectivity index (χ4n) is 5.15. The van der Waals surface area contributed by atoms with E-state index in [1.54, 1.807) is 0 Å². The van der Waals surface area contributed by atoms with Gasteiger partial charge < -0.3 is 19.8 Å². The molecule has 0 radical (unpaired) electrons. The van der Waals surface area contributed by atoms with E-state index < -0.39 is 0 Å². The Hall–Kier alpha value is -1.63. The minimum absolute atomic E-state index is 0. The van der Waals surface area contributed by atoms with Gasteiger partial charge in [-0.15, -0.1) is 0 Å². The van der Waals surface area contributed by atoms with Crippen molar-refractivity contribution in [1.82, 2.24) is 23.9 Å². The highest BCUT2D eigenvalue weighted by Crippen LogP contribution is 2.14. The maximum Gasteiger partial charge on any atom is 0.110 e. The monoisotopic (exact) mass is 565 g/mol. The number of rotatable bonds is 4. The van der Waals surface area contributed by atoms with Crippen molar-refractivity contribution in [3.05, 3.63) is 41.7 Å². The van der Waals surface area contributed by atoms with Crippen LogP contribution in [0.2, 0.25) is 0 Å². The molecule has 2 aromatic heterocycles. The molecule has 0 aromatic carbocycles. The molecule has 6 nitrogen and oxygen atoms in total. The fourth-order valence-corrected chi connectivity index (χ4v) is 5.15. The molecule has 2 aliphatic heterocycles. The largest absolute Gasteiger partial charge is 0.347 e. The summed E-state index contributed by atoms with van der Waals surface area (Å²) in [4.78, 5) is 9.16. The Morgan fingerprint density at radius 1 is 0.750 bits per heavy atom. The zero-order valence-electron chi connectivity index (χ0n) is 26.2. The van der Waals surface area contributed by atoms with Crippen LogP contribution in [0.1, 0.15) is 133 Å². The first-order chi connectivity index (χ1) is 17.3. The first kappa shape index (κ1) is 42.8. The highest BCUT2D eigenvalue weighted by atomic mass is 15.2. The second-order valence-electron chi connectivity index (χ2n) is 12.0. The Kier molecular flexibility index (Phi) is 23.6. The molecule has 0 saturated carbocycles. The van der Waals surface area contributed by atoms with Crippen molar-refractivity contribution in [2.24, 2.45) is 12.8 Å². The van der Waals surface area contributed by atoms with Crippen LogP contribution in [0.15, 0.2) is 24.5 Å². The lowest BCUT2D eigenvalue weighted by Gasteiger charge is -2.29. The third kappa shape index (κ3) is 15.4. The van der Waals surface area contributed by atoms with Gasteiger partial charge in [-0.3, -0.25) is 4.90 Å². The van der Waals surface area contributed by atoms with Gasteiger partial charge in [0.25, 0.3) is 0 Å². The van der Waals surface area contributed by atoms with Gasteiger partial charge in [-0.25, -0.2) is 4.98 Å². The van der Waals surface area contributed by atoms with Crippen LogP contribution in [0.5, 0.6) is 0 Å². The highest BCUT2D eigenvalue weighted by Gasteiger charge is 2.20. The first-order valence-corrected chi connectivity index (χ1v) is 14.7. The average molecular weight is 565 g/mol. The predicted molar refractivity (Wildman–Crippen MR) is 182 cm³/mol. The molecule has 0 amide bonds. The van der Waals surface area contributed by atoms with Crippen LogP contribution >= 0.6 is 0 Å². The number of likely N-dealkylation sites (tertiary alicyclic amines) is 2. The van der Waals surface area contributed by atoms with E-state index in [9.17, 15) is 0 Å². The van der Waals surface area contributed by atoms with Crippen molar-refractivity contribution in [2.45, 2.75) is 147 Å². The van der Waals surface area contributed by atoms with Crippen LogP contribution in [-0.2, 0) is 7.05 Å². The molecule has 4 heterocycles.